The summed E-state index contributed by atoms with van der Waals surface area (Å²) in [4.78, 5) is 0. The van der Waals surface area contributed by atoms with Gasteiger partial charge < -0.3 is 9.73 Å². The Morgan fingerprint density at radius 2 is 2.06 bits per heavy atom. The molecule has 2 heteroatoms. The van der Waals surface area contributed by atoms with E-state index in [1.54, 1.807) is 6.26 Å². The first-order valence-corrected chi connectivity index (χ1v) is 7.13. The molecule has 1 aromatic heterocycles. The Hall–Kier alpha value is -0.760. The number of rotatable bonds is 5. The van der Waals surface area contributed by atoms with Crippen molar-refractivity contribution in [3.8, 4) is 0 Å². The average Bonchev–Trinajstić information content (AvgIpc) is 2.72. The molecule has 0 aliphatic heterocycles. The second-order valence-corrected chi connectivity index (χ2v) is 5.37. The lowest BCUT2D eigenvalue weighted by molar-refractivity contribution is 0.385. The van der Waals surface area contributed by atoms with Crippen LogP contribution in [-0.4, -0.2) is 12.1 Å². The normalized spacial score (nSPS) is 20.1. The molecule has 1 aliphatic carbocycles. The zero-order chi connectivity index (χ0) is 11.9. The maximum atomic E-state index is 5.37. The van der Waals surface area contributed by atoms with E-state index in [0.29, 0.717) is 6.04 Å². The highest BCUT2D eigenvalue weighted by Crippen LogP contribution is 2.18. The monoisotopic (exact) mass is 235 g/mol. The van der Waals surface area contributed by atoms with Crippen molar-refractivity contribution in [2.45, 2.75) is 70.4 Å². The minimum Gasteiger partial charge on any atom is -0.469 e. The van der Waals surface area contributed by atoms with E-state index in [4.69, 9.17) is 4.42 Å². The van der Waals surface area contributed by atoms with Crippen LogP contribution in [0.25, 0.3) is 0 Å². The van der Waals surface area contributed by atoms with Crippen LogP contribution in [-0.2, 0) is 6.42 Å². The molecule has 17 heavy (non-hydrogen) atoms. The Morgan fingerprint density at radius 3 is 2.71 bits per heavy atom. The van der Waals surface area contributed by atoms with Crippen molar-refractivity contribution in [1.29, 1.82) is 0 Å². The van der Waals surface area contributed by atoms with Crippen molar-refractivity contribution < 1.29 is 4.42 Å². The van der Waals surface area contributed by atoms with E-state index in [1.165, 1.54) is 44.9 Å². The molecular weight excluding hydrogens is 210 g/mol. The first-order valence-electron chi connectivity index (χ1n) is 7.13. The quantitative estimate of drug-likeness (QED) is 0.783. The maximum Gasteiger partial charge on any atom is 0.103 e. The van der Waals surface area contributed by atoms with Crippen LogP contribution >= 0.6 is 0 Å². The molecule has 1 N–H and O–H groups in total. The molecule has 0 bridgehead atoms. The molecule has 0 radical (unpaired) electrons. The summed E-state index contributed by atoms with van der Waals surface area (Å²) >= 11 is 0. The molecule has 1 atom stereocenters. The molecular formula is C15H25NO. The van der Waals surface area contributed by atoms with Crippen molar-refractivity contribution in [2.75, 3.05) is 0 Å². The summed E-state index contributed by atoms with van der Waals surface area (Å²) in [7, 11) is 0. The fraction of sp³-hybridized carbons (Fsp3) is 0.733. The molecule has 0 aromatic carbocycles. The fourth-order valence-electron chi connectivity index (χ4n) is 2.75. The van der Waals surface area contributed by atoms with Crippen LogP contribution in [0, 0.1) is 0 Å². The molecule has 1 heterocycles. The van der Waals surface area contributed by atoms with Gasteiger partial charge in [0.2, 0.25) is 0 Å². The van der Waals surface area contributed by atoms with E-state index in [9.17, 15) is 0 Å². The molecule has 1 aromatic rings. The van der Waals surface area contributed by atoms with Gasteiger partial charge in [-0.1, -0.05) is 25.7 Å². The van der Waals surface area contributed by atoms with E-state index in [2.05, 4.69) is 18.3 Å². The molecule has 0 saturated heterocycles. The van der Waals surface area contributed by atoms with Gasteiger partial charge in [0.05, 0.1) is 6.26 Å². The van der Waals surface area contributed by atoms with E-state index >= 15 is 0 Å². The second kappa shape index (κ2) is 6.85. The van der Waals surface area contributed by atoms with E-state index in [0.717, 1.165) is 18.2 Å². The Kier molecular flexibility index (Phi) is 5.11. The van der Waals surface area contributed by atoms with Gasteiger partial charge >= 0.3 is 0 Å². The number of aryl methyl sites for hydroxylation is 1. The smallest absolute Gasteiger partial charge is 0.103 e. The van der Waals surface area contributed by atoms with Crippen LogP contribution in [0.15, 0.2) is 22.8 Å². The highest BCUT2D eigenvalue weighted by atomic mass is 16.3. The summed E-state index contributed by atoms with van der Waals surface area (Å²) in [6, 6.07) is 5.39. The van der Waals surface area contributed by atoms with E-state index in [1.807, 2.05) is 6.07 Å². The van der Waals surface area contributed by atoms with Gasteiger partial charge in [0, 0.05) is 18.5 Å². The Labute approximate surface area is 105 Å². The summed E-state index contributed by atoms with van der Waals surface area (Å²) in [6.07, 6.45) is 12.4. The molecule has 2 rings (SSSR count). The van der Waals surface area contributed by atoms with Crippen LogP contribution in [0.3, 0.4) is 0 Å². The minimum absolute atomic E-state index is 0.600. The lowest BCUT2D eigenvalue weighted by atomic mass is 10.1. The number of hydrogen-bond acceptors (Lipinski definition) is 2. The van der Waals surface area contributed by atoms with Crippen molar-refractivity contribution in [1.82, 2.24) is 5.32 Å². The highest BCUT2D eigenvalue weighted by molar-refractivity contribution is 4.98. The number of nitrogens with one attached hydrogen (secondary N) is 1. The maximum absolute atomic E-state index is 5.37. The third-order valence-corrected chi connectivity index (χ3v) is 3.78. The van der Waals surface area contributed by atoms with Gasteiger partial charge in [-0.2, -0.15) is 0 Å². The van der Waals surface area contributed by atoms with Gasteiger partial charge in [0.1, 0.15) is 5.76 Å². The van der Waals surface area contributed by atoms with Crippen molar-refractivity contribution in [3.05, 3.63) is 24.2 Å². The zero-order valence-corrected chi connectivity index (χ0v) is 11.0. The van der Waals surface area contributed by atoms with Gasteiger partial charge in [0.25, 0.3) is 0 Å². The standard InChI is InChI=1S/C15H25NO/c1-13(10-11-15-9-6-12-17-15)16-14-7-4-2-3-5-8-14/h6,9,12-14,16H,2-5,7-8,10-11H2,1H3. The van der Waals surface area contributed by atoms with Crippen molar-refractivity contribution >= 4 is 0 Å². The molecule has 1 unspecified atom stereocenters. The summed E-state index contributed by atoms with van der Waals surface area (Å²) in [5, 5.41) is 3.78. The fourth-order valence-corrected chi connectivity index (χ4v) is 2.75. The Bertz CT molecular complexity index is 286. The summed E-state index contributed by atoms with van der Waals surface area (Å²) < 4.78 is 5.37. The molecule has 1 saturated carbocycles. The predicted octanol–water partition coefficient (Wildman–Crippen LogP) is 3.91. The first kappa shape index (κ1) is 12.7. The van der Waals surface area contributed by atoms with Crippen molar-refractivity contribution in [2.24, 2.45) is 0 Å². The highest BCUT2D eigenvalue weighted by Gasteiger charge is 2.14. The van der Waals surface area contributed by atoms with Gasteiger partial charge in [-0.25, -0.2) is 0 Å². The third-order valence-electron chi connectivity index (χ3n) is 3.78. The SMILES string of the molecule is CC(CCc1ccco1)NC1CCCCCC1. The molecule has 0 amide bonds. The summed E-state index contributed by atoms with van der Waals surface area (Å²) in [5.41, 5.74) is 0. The van der Waals surface area contributed by atoms with Gasteiger partial charge in [-0.05, 0) is 38.3 Å². The largest absolute Gasteiger partial charge is 0.469 e. The van der Waals surface area contributed by atoms with Gasteiger partial charge in [-0.3, -0.25) is 0 Å². The van der Waals surface area contributed by atoms with Crippen LogP contribution in [0.1, 0.15) is 57.6 Å². The van der Waals surface area contributed by atoms with Crippen LogP contribution in [0.5, 0.6) is 0 Å². The zero-order valence-electron chi connectivity index (χ0n) is 11.0. The van der Waals surface area contributed by atoms with Crippen LogP contribution in [0.2, 0.25) is 0 Å². The number of hydrogen-bond donors (Lipinski definition) is 1. The molecule has 1 fully saturated rings. The number of furan rings is 1. The van der Waals surface area contributed by atoms with E-state index < -0.39 is 0 Å². The van der Waals surface area contributed by atoms with Gasteiger partial charge in [-0.15, -0.1) is 0 Å². The van der Waals surface area contributed by atoms with Crippen molar-refractivity contribution in [3.63, 3.8) is 0 Å². The van der Waals surface area contributed by atoms with Crippen LogP contribution in [0.4, 0.5) is 0 Å². The summed E-state index contributed by atoms with van der Waals surface area (Å²) in [5.74, 6) is 1.11. The first-order chi connectivity index (χ1) is 8.34. The lowest BCUT2D eigenvalue weighted by Crippen LogP contribution is -2.36. The Balaban J connectivity index is 1.67. The van der Waals surface area contributed by atoms with Gasteiger partial charge in [0.15, 0.2) is 0 Å². The molecule has 2 nitrogen and oxygen atoms in total. The lowest BCUT2D eigenvalue weighted by Gasteiger charge is -2.21. The van der Waals surface area contributed by atoms with Crippen LogP contribution < -0.4 is 5.32 Å². The molecule has 1 aliphatic rings. The second-order valence-electron chi connectivity index (χ2n) is 5.37. The molecule has 96 valence electrons. The van der Waals surface area contributed by atoms with E-state index in [-0.39, 0.29) is 0 Å². The topological polar surface area (TPSA) is 25.2 Å². The summed E-state index contributed by atoms with van der Waals surface area (Å²) in [6.45, 7) is 2.30. The minimum atomic E-state index is 0.600. The Morgan fingerprint density at radius 1 is 1.29 bits per heavy atom. The average molecular weight is 235 g/mol. The third kappa shape index (κ3) is 4.55. The predicted molar refractivity (Wildman–Crippen MR) is 71.1 cm³/mol. The molecule has 0 spiro atoms.